The first-order valence-electron chi connectivity index (χ1n) is 10.6. The predicted molar refractivity (Wildman–Crippen MR) is 115 cm³/mol. The lowest BCUT2D eigenvalue weighted by atomic mass is 10.2. The number of aryl methyl sites for hydroxylation is 2. The van der Waals surface area contributed by atoms with Crippen LogP contribution in [0.3, 0.4) is 0 Å². The van der Waals surface area contributed by atoms with Crippen molar-refractivity contribution in [3.63, 3.8) is 0 Å². The maximum absolute atomic E-state index is 12.8. The summed E-state index contributed by atoms with van der Waals surface area (Å²) in [6, 6.07) is 7.19. The summed E-state index contributed by atoms with van der Waals surface area (Å²) >= 11 is 0. The van der Waals surface area contributed by atoms with Crippen molar-refractivity contribution < 1.29 is 32.0 Å². The van der Waals surface area contributed by atoms with E-state index in [0.717, 1.165) is 0 Å². The topological polar surface area (TPSA) is 131 Å². The van der Waals surface area contributed by atoms with E-state index in [1.165, 1.54) is 6.92 Å². The highest BCUT2D eigenvalue weighted by atomic mass is 32.2. The SMILES string of the molecule is Cc1noc(C)c1S(=O)(=O)NCCC(=O)N1CCN(C(=O)C2COc3ccccc3O2)CC1. The number of nitrogens with zero attached hydrogens (tertiary/aromatic N) is 3. The zero-order valence-corrected chi connectivity index (χ0v) is 19.3. The number of carbonyl (C=O) groups excluding carboxylic acids is 2. The number of fused-ring (bicyclic) bond motifs is 1. The number of hydrogen-bond acceptors (Lipinski definition) is 8. The van der Waals surface area contributed by atoms with Crippen molar-refractivity contribution >= 4 is 21.8 Å². The molecule has 1 atom stereocenters. The number of rotatable bonds is 6. The Morgan fingerprint density at radius 2 is 1.76 bits per heavy atom. The van der Waals surface area contributed by atoms with Crippen LogP contribution < -0.4 is 14.2 Å². The summed E-state index contributed by atoms with van der Waals surface area (Å²) in [4.78, 5) is 28.6. The van der Waals surface area contributed by atoms with Gasteiger partial charge in [-0.1, -0.05) is 17.3 Å². The van der Waals surface area contributed by atoms with Gasteiger partial charge in [-0.15, -0.1) is 0 Å². The van der Waals surface area contributed by atoms with E-state index >= 15 is 0 Å². The molecular formula is C21H26N4O7S. The minimum Gasteiger partial charge on any atom is -0.485 e. The Kier molecular flexibility index (Phi) is 6.56. The number of carbonyl (C=O) groups is 2. The summed E-state index contributed by atoms with van der Waals surface area (Å²) < 4.78 is 43.6. The summed E-state index contributed by atoms with van der Waals surface area (Å²) in [7, 11) is -3.81. The Hall–Kier alpha value is -3.12. The zero-order valence-electron chi connectivity index (χ0n) is 18.4. The van der Waals surface area contributed by atoms with Gasteiger partial charge in [-0.3, -0.25) is 9.59 Å². The van der Waals surface area contributed by atoms with Crippen LogP contribution in [-0.2, 0) is 19.6 Å². The van der Waals surface area contributed by atoms with Crippen LogP contribution in [0.25, 0.3) is 0 Å². The van der Waals surface area contributed by atoms with Gasteiger partial charge in [-0.25, -0.2) is 13.1 Å². The van der Waals surface area contributed by atoms with Crippen LogP contribution in [0, 0.1) is 13.8 Å². The smallest absolute Gasteiger partial charge is 0.267 e. The van der Waals surface area contributed by atoms with E-state index in [1.807, 2.05) is 12.1 Å². The lowest BCUT2D eigenvalue weighted by molar-refractivity contribution is -0.146. The molecule has 0 aliphatic carbocycles. The highest BCUT2D eigenvalue weighted by Gasteiger charge is 2.33. The third kappa shape index (κ3) is 4.96. The Morgan fingerprint density at radius 1 is 1.09 bits per heavy atom. The van der Waals surface area contributed by atoms with E-state index in [-0.39, 0.29) is 47.7 Å². The third-order valence-electron chi connectivity index (χ3n) is 5.60. The van der Waals surface area contributed by atoms with E-state index in [4.69, 9.17) is 14.0 Å². The molecule has 1 unspecified atom stereocenters. The van der Waals surface area contributed by atoms with E-state index in [9.17, 15) is 18.0 Å². The lowest BCUT2D eigenvalue weighted by Crippen LogP contribution is -2.55. The number of nitrogens with one attached hydrogen (secondary N) is 1. The lowest BCUT2D eigenvalue weighted by Gasteiger charge is -2.37. The first-order chi connectivity index (χ1) is 15.8. The molecule has 1 fully saturated rings. The predicted octanol–water partition coefficient (Wildman–Crippen LogP) is 0.471. The summed E-state index contributed by atoms with van der Waals surface area (Å²) in [5.41, 5.74) is 0.267. The van der Waals surface area contributed by atoms with Crippen molar-refractivity contribution in [3.05, 3.63) is 35.7 Å². The second-order valence-electron chi connectivity index (χ2n) is 7.87. The fraction of sp³-hybridized carbons (Fsp3) is 0.476. The van der Waals surface area contributed by atoms with E-state index in [0.29, 0.717) is 37.7 Å². The van der Waals surface area contributed by atoms with Gasteiger partial charge in [0.05, 0.1) is 0 Å². The average Bonchev–Trinajstić information content (AvgIpc) is 3.16. The summed E-state index contributed by atoms with van der Waals surface area (Å²) in [5, 5.41) is 3.65. The van der Waals surface area contributed by atoms with E-state index in [2.05, 4.69) is 9.88 Å². The molecule has 3 heterocycles. The van der Waals surface area contributed by atoms with Gasteiger partial charge in [0.2, 0.25) is 22.0 Å². The number of ether oxygens (including phenoxy) is 2. The zero-order chi connectivity index (χ0) is 23.6. The van der Waals surface area contributed by atoms with Crippen LogP contribution in [0.2, 0.25) is 0 Å². The number of para-hydroxylation sites is 2. The molecule has 1 aromatic heterocycles. The van der Waals surface area contributed by atoms with Gasteiger partial charge >= 0.3 is 0 Å². The van der Waals surface area contributed by atoms with Crippen LogP contribution in [0.4, 0.5) is 0 Å². The molecule has 178 valence electrons. The normalized spacial score (nSPS) is 18.3. The summed E-state index contributed by atoms with van der Waals surface area (Å²) in [6.45, 7) is 4.63. The van der Waals surface area contributed by atoms with Crippen LogP contribution in [-0.4, -0.2) is 80.6 Å². The van der Waals surface area contributed by atoms with E-state index in [1.54, 1.807) is 28.9 Å². The second kappa shape index (κ2) is 9.40. The molecule has 4 rings (SSSR count). The minimum atomic E-state index is -3.81. The van der Waals surface area contributed by atoms with Crippen LogP contribution >= 0.6 is 0 Å². The van der Waals surface area contributed by atoms with Crippen molar-refractivity contribution in [3.8, 4) is 11.5 Å². The van der Waals surface area contributed by atoms with Gasteiger partial charge in [0.1, 0.15) is 17.2 Å². The third-order valence-corrected chi connectivity index (χ3v) is 7.30. The molecule has 11 nitrogen and oxygen atoms in total. The maximum atomic E-state index is 12.8. The Balaban J connectivity index is 1.23. The molecule has 2 aliphatic heterocycles. The number of piperazine rings is 1. The standard InChI is InChI=1S/C21H26N4O7S/c1-14-20(15(2)32-23-14)33(28,29)22-8-7-19(26)24-9-11-25(12-10-24)21(27)18-13-30-16-5-3-4-6-17(16)31-18/h3-6,18,22H,7-13H2,1-2H3. The first-order valence-corrected chi connectivity index (χ1v) is 12.1. The average molecular weight is 479 g/mol. The minimum absolute atomic E-state index is 0.00129. The summed E-state index contributed by atoms with van der Waals surface area (Å²) in [5.74, 6) is 0.985. The van der Waals surface area contributed by atoms with Crippen molar-refractivity contribution in [2.24, 2.45) is 0 Å². The van der Waals surface area contributed by atoms with Crippen molar-refractivity contribution in [2.45, 2.75) is 31.3 Å². The van der Waals surface area contributed by atoms with Crippen LogP contribution in [0.15, 0.2) is 33.7 Å². The molecule has 1 aromatic carbocycles. The fourth-order valence-electron chi connectivity index (χ4n) is 3.90. The number of amides is 2. The quantitative estimate of drug-likeness (QED) is 0.634. The molecule has 33 heavy (non-hydrogen) atoms. The van der Waals surface area contributed by atoms with Crippen LogP contribution in [0.1, 0.15) is 17.9 Å². The molecule has 12 heteroatoms. The molecule has 0 spiro atoms. The number of sulfonamides is 1. The number of benzene rings is 1. The Labute approximate surface area is 191 Å². The summed E-state index contributed by atoms with van der Waals surface area (Å²) in [6.07, 6.45) is -0.715. The van der Waals surface area contributed by atoms with Gasteiger partial charge in [0, 0.05) is 39.1 Å². The van der Waals surface area contributed by atoms with Crippen molar-refractivity contribution in [1.29, 1.82) is 0 Å². The highest BCUT2D eigenvalue weighted by Crippen LogP contribution is 2.31. The van der Waals surface area contributed by atoms with Gasteiger partial charge < -0.3 is 23.8 Å². The van der Waals surface area contributed by atoms with Gasteiger partial charge in [0.25, 0.3) is 5.91 Å². The molecule has 2 aliphatic rings. The van der Waals surface area contributed by atoms with Gasteiger partial charge in [0.15, 0.2) is 17.3 Å². The number of aromatic nitrogens is 1. The first kappa shape index (κ1) is 23.1. The van der Waals surface area contributed by atoms with Crippen LogP contribution in [0.5, 0.6) is 11.5 Å². The number of hydrogen-bond donors (Lipinski definition) is 1. The highest BCUT2D eigenvalue weighted by molar-refractivity contribution is 7.89. The second-order valence-corrected chi connectivity index (χ2v) is 9.58. The fourth-order valence-corrected chi connectivity index (χ4v) is 5.26. The largest absolute Gasteiger partial charge is 0.485 e. The molecular weight excluding hydrogens is 452 g/mol. The monoisotopic (exact) mass is 478 g/mol. The van der Waals surface area contributed by atoms with Gasteiger partial charge in [-0.05, 0) is 26.0 Å². The molecule has 0 saturated carbocycles. The van der Waals surface area contributed by atoms with Gasteiger partial charge in [-0.2, -0.15) is 0 Å². The molecule has 0 bridgehead atoms. The molecule has 1 N–H and O–H groups in total. The Bertz CT molecular complexity index is 1120. The van der Waals surface area contributed by atoms with E-state index < -0.39 is 16.1 Å². The Morgan fingerprint density at radius 3 is 2.42 bits per heavy atom. The molecule has 2 aromatic rings. The van der Waals surface area contributed by atoms with Crippen molar-refractivity contribution in [1.82, 2.24) is 19.7 Å². The maximum Gasteiger partial charge on any atom is 0.267 e. The molecule has 0 radical (unpaired) electrons. The molecule has 1 saturated heterocycles. The van der Waals surface area contributed by atoms with Crippen molar-refractivity contribution in [2.75, 3.05) is 39.3 Å². The molecule has 2 amide bonds.